The van der Waals surface area contributed by atoms with E-state index in [-0.39, 0.29) is 10.8 Å². The summed E-state index contributed by atoms with van der Waals surface area (Å²) in [5.74, 6) is 0. The van der Waals surface area contributed by atoms with Crippen LogP contribution in [0.5, 0.6) is 0 Å². The summed E-state index contributed by atoms with van der Waals surface area (Å²) in [5, 5.41) is 0. The highest BCUT2D eigenvalue weighted by Crippen LogP contribution is 2.23. The summed E-state index contributed by atoms with van der Waals surface area (Å²) in [5.41, 5.74) is 11.5. The monoisotopic (exact) mass is 246 g/mol. The van der Waals surface area contributed by atoms with E-state index in [2.05, 4.69) is 27.7 Å². The second-order valence-corrected chi connectivity index (χ2v) is 5.90. The molecule has 0 bridgehead atoms. The third kappa shape index (κ3) is 12.1. The predicted octanol–water partition coefficient (Wildman–Crippen LogP) is 2.78. The summed E-state index contributed by atoms with van der Waals surface area (Å²) >= 11 is 0. The number of ether oxygens (including phenoxy) is 1. The van der Waals surface area contributed by atoms with E-state index < -0.39 is 0 Å². The summed E-state index contributed by atoms with van der Waals surface area (Å²) in [7, 11) is 0. The predicted molar refractivity (Wildman–Crippen MR) is 77.1 cm³/mol. The molecular formula is C14H34N2O. The highest BCUT2D eigenvalue weighted by Gasteiger charge is 2.21. The first-order valence-electron chi connectivity index (χ1n) is 6.81. The van der Waals surface area contributed by atoms with Gasteiger partial charge in [-0.25, -0.2) is 0 Å². The van der Waals surface area contributed by atoms with E-state index in [0.29, 0.717) is 0 Å². The minimum Gasteiger partial charge on any atom is -0.380 e. The summed E-state index contributed by atoms with van der Waals surface area (Å²) in [6.45, 7) is 15.8. The van der Waals surface area contributed by atoms with E-state index in [0.717, 1.165) is 39.1 Å². The van der Waals surface area contributed by atoms with Crippen molar-refractivity contribution in [1.82, 2.24) is 0 Å². The number of nitrogens with two attached hydrogens (primary N) is 2. The molecule has 3 heteroatoms. The van der Waals surface area contributed by atoms with Crippen LogP contribution in [0.2, 0.25) is 0 Å². The zero-order chi connectivity index (χ0) is 13.9. The molecule has 0 spiro atoms. The molecule has 0 aromatic heterocycles. The van der Waals surface area contributed by atoms with Gasteiger partial charge in [0.05, 0.1) is 13.2 Å². The van der Waals surface area contributed by atoms with Gasteiger partial charge in [0.2, 0.25) is 0 Å². The van der Waals surface area contributed by atoms with Gasteiger partial charge >= 0.3 is 0 Å². The molecule has 0 aromatic rings. The Morgan fingerprint density at radius 2 is 1.06 bits per heavy atom. The minimum absolute atomic E-state index is 0.188. The molecule has 0 saturated carbocycles. The third-order valence-electron chi connectivity index (χ3n) is 2.63. The molecule has 3 nitrogen and oxygen atoms in total. The first-order chi connectivity index (χ1) is 7.83. The van der Waals surface area contributed by atoms with Crippen molar-refractivity contribution in [3.8, 4) is 0 Å². The van der Waals surface area contributed by atoms with Gasteiger partial charge in [-0.3, -0.25) is 0 Å². The van der Waals surface area contributed by atoms with Crippen molar-refractivity contribution in [1.29, 1.82) is 0 Å². The van der Waals surface area contributed by atoms with Gasteiger partial charge in [-0.05, 0) is 36.8 Å². The van der Waals surface area contributed by atoms with E-state index in [1.807, 2.05) is 13.8 Å². The van der Waals surface area contributed by atoms with Crippen LogP contribution in [0.4, 0.5) is 0 Å². The van der Waals surface area contributed by atoms with Crippen LogP contribution in [-0.2, 0) is 4.74 Å². The maximum Gasteiger partial charge on any atom is 0.0517 e. The Morgan fingerprint density at radius 3 is 1.29 bits per heavy atom. The van der Waals surface area contributed by atoms with Crippen molar-refractivity contribution in [3.05, 3.63) is 0 Å². The maximum absolute atomic E-state index is 5.76. The fourth-order valence-corrected chi connectivity index (χ4v) is 1.53. The molecule has 0 aliphatic carbocycles. The van der Waals surface area contributed by atoms with Gasteiger partial charge in [0.15, 0.2) is 0 Å². The van der Waals surface area contributed by atoms with Gasteiger partial charge < -0.3 is 16.2 Å². The van der Waals surface area contributed by atoms with Crippen molar-refractivity contribution in [2.24, 2.45) is 22.3 Å². The highest BCUT2D eigenvalue weighted by molar-refractivity contribution is 4.71. The normalized spacial score (nSPS) is 12.0. The largest absolute Gasteiger partial charge is 0.380 e. The van der Waals surface area contributed by atoms with Crippen molar-refractivity contribution in [2.45, 2.75) is 54.4 Å². The SMILES string of the molecule is CC.CC(C)(CCN)COCC(C)(C)CCN. The first-order valence-corrected chi connectivity index (χ1v) is 6.81. The average molecular weight is 246 g/mol. The van der Waals surface area contributed by atoms with Crippen LogP contribution in [-0.4, -0.2) is 26.3 Å². The Balaban J connectivity index is 0. The Kier molecular flexibility index (Phi) is 11.2. The lowest BCUT2D eigenvalue weighted by Gasteiger charge is -2.28. The molecule has 0 rings (SSSR count). The van der Waals surface area contributed by atoms with Gasteiger partial charge in [-0.15, -0.1) is 0 Å². The van der Waals surface area contributed by atoms with Crippen molar-refractivity contribution >= 4 is 0 Å². The Hall–Kier alpha value is -0.120. The van der Waals surface area contributed by atoms with Crippen LogP contribution in [0.25, 0.3) is 0 Å². The van der Waals surface area contributed by atoms with E-state index in [1.54, 1.807) is 0 Å². The quantitative estimate of drug-likeness (QED) is 0.692. The minimum atomic E-state index is 0.188. The molecule has 0 fully saturated rings. The second kappa shape index (κ2) is 9.86. The Labute approximate surface area is 108 Å². The summed E-state index contributed by atoms with van der Waals surface area (Å²) in [6, 6.07) is 0. The van der Waals surface area contributed by atoms with Crippen LogP contribution in [0.1, 0.15) is 54.4 Å². The van der Waals surface area contributed by atoms with Gasteiger partial charge in [-0.2, -0.15) is 0 Å². The highest BCUT2D eigenvalue weighted by atomic mass is 16.5. The zero-order valence-corrected chi connectivity index (χ0v) is 12.8. The molecule has 106 valence electrons. The van der Waals surface area contributed by atoms with Crippen LogP contribution in [0.15, 0.2) is 0 Å². The van der Waals surface area contributed by atoms with E-state index in [1.165, 1.54) is 0 Å². The average Bonchev–Trinajstić information content (AvgIpc) is 2.19. The number of rotatable bonds is 8. The van der Waals surface area contributed by atoms with Crippen molar-refractivity contribution in [2.75, 3.05) is 26.3 Å². The smallest absolute Gasteiger partial charge is 0.0517 e. The molecule has 0 amide bonds. The maximum atomic E-state index is 5.76. The summed E-state index contributed by atoms with van der Waals surface area (Å²) in [4.78, 5) is 0. The van der Waals surface area contributed by atoms with Gasteiger partial charge in [0, 0.05) is 0 Å². The van der Waals surface area contributed by atoms with Gasteiger partial charge in [0.25, 0.3) is 0 Å². The molecule has 0 aliphatic heterocycles. The van der Waals surface area contributed by atoms with E-state index in [9.17, 15) is 0 Å². The van der Waals surface area contributed by atoms with Crippen LogP contribution < -0.4 is 11.5 Å². The molecule has 4 N–H and O–H groups in total. The van der Waals surface area contributed by atoms with E-state index >= 15 is 0 Å². The van der Waals surface area contributed by atoms with Crippen LogP contribution >= 0.6 is 0 Å². The van der Waals surface area contributed by atoms with Gasteiger partial charge in [0.1, 0.15) is 0 Å². The van der Waals surface area contributed by atoms with Gasteiger partial charge in [-0.1, -0.05) is 41.5 Å². The van der Waals surface area contributed by atoms with Crippen LogP contribution in [0, 0.1) is 10.8 Å². The molecule has 0 aromatic carbocycles. The fourth-order valence-electron chi connectivity index (χ4n) is 1.53. The lowest BCUT2D eigenvalue weighted by molar-refractivity contribution is 0.0113. The zero-order valence-electron chi connectivity index (χ0n) is 12.8. The molecule has 0 heterocycles. The summed E-state index contributed by atoms with van der Waals surface area (Å²) < 4.78 is 5.76. The standard InChI is InChI=1S/C12H28N2O.C2H6/c1-11(2,5-7-13)9-15-10-12(3,4)6-8-14;1-2/h5-10,13-14H2,1-4H3;1-2H3. The lowest BCUT2D eigenvalue weighted by atomic mass is 9.89. The van der Waals surface area contributed by atoms with Crippen molar-refractivity contribution < 1.29 is 4.74 Å². The van der Waals surface area contributed by atoms with Crippen molar-refractivity contribution in [3.63, 3.8) is 0 Å². The second-order valence-electron chi connectivity index (χ2n) is 5.90. The Bertz CT molecular complexity index is 150. The third-order valence-corrected chi connectivity index (χ3v) is 2.63. The molecule has 0 unspecified atom stereocenters. The number of hydrogen-bond acceptors (Lipinski definition) is 3. The molecule has 0 saturated heterocycles. The summed E-state index contributed by atoms with van der Waals surface area (Å²) in [6.07, 6.45) is 2.01. The molecular weight excluding hydrogens is 212 g/mol. The Morgan fingerprint density at radius 1 is 0.765 bits per heavy atom. The number of hydrogen-bond donors (Lipinski definition) is 2. The van der Waals surface area contributed by atoms with E-state index in [4.69, 9.17) is 16.2 Å². The molecule has 0 radical (unpaired) electrons. The first kappa shape index (κ1) is 19.2. The molecule has 17 heavy (non-hydrogen) atoms. The topological polar surface area (TPSA) is 61.3 Å². The lowest BCUT2D eigenvalue weighted by Crippen LogP contribution is -2.28. The molecule has 0 atom stereocenters. The fraction of sp³-hybridized carbons (Fsp3) is 1.00. The van der Waals surface area contributed by atoms with Crippen LogP contribution in [0.3, 0.4) is 0 Å². The molecule has 0 aliphatic rings.